The van der Waals surface area contributed by atoms with Gasteiger partial charge in [-0.05, 0) is 36.8 Å². The maximum Gasteiger partial charge on any atom is 0.252 e. The molecule has 2 rings (SSSR count). The first-order chi connectivity index (χ1) is 8.20. The molecule has 1 heterocycles. The molecule has 1 saturated carbocycles. The van der Waals surface area contributed by atoms with E-state index in [2.05, 4.69) is 22.7 Å². The summed E-state index contributed by atoms with van der Waals surface area (Å²) in [6.45, 7) is 2.91. The summed E-state index contributed by atoms with van der Waals surface area (Å²) in [4.78, 5) is 15.8. The highest BCUT2D eigenvalue weighted by Crippen LogP contribution is 2.36. The smallest absolute Gasteiger partial charge is 0.252 e. The van der Waals surface area contributed by atoms with Gasteiger partial charge in [0.15, 0.2) is 0 Å². The minimum Gasteiger partial charge on any atom is -0.352 e. The molecule has 0 aliphatic heterocycles. The van der Waals surface area contributed by atoms with Crippen LogP contribution in [-0.4, -0.2) is 17.4 Å². The second-order valence-electron chi connectivity index (χ2n) is 4.60. The molecule has 1 unspecified atom stereocenters. The van der Waals surface area contributed by atoms with Crippen molar-refractivity contribution in [3.63, 3.8) is 0 Å². The number of carbonyl (C=O) groups excluding carboxylic acids is 1. The lowest BCUT2D eigenvalue weighted by atomic mass is 10.1. The summed E-state index contributed by atoms with van der Waals surface area (Å²) >= 11 is 0. The highest BCUT2D eigenvalue weighted by atomic mass is 16.1. The van der Waals surface area contributed by atoms with Crippen LogP contribution in [0.3, 0.4) is 0 Å². The Balaban J connectivity index is 1.85. The van der Waals surface area contributed by atoms with E-state index in [1.807, 2.05) is 0 Å². The van der Waals surface area contributed by atoms with Crippen LogP contribution in [0.25, 0.3) is 0 Å². The molecule has 1 atom stereocenters. The second-order valence-corrected chi connectivity index (χ2v) is 4.60. The number of nitrogens with two attached hydrogens (primary N) is 1. The lowest BCUT2D eigenvalue weighted by Crippen LogP contribution is -2.29. The summed E-state index contributed by atoms with van der Waals surface area (Å²) < 4.78 is 0. The van der Waals surface area contributed by atoms with E-state index >= 15 is 0 Å². The van der Waals surface area contributed by atoms with Gasteiger partial charge in [-0.1, -0.05) is 6.92 Å². The van der Waals surface area contributed by atoms with Gasteiger partial charge in [0, 0.05) is 12.7 Å². The van der Waals surface area contributed by atoms with Gasteiger partial charge < -0.3 is 10.7 Å². The number of amides is 1. The lowest BCUT2D eigenvalue weighted by molar-refractivity contribution is 0.0946. The third kappa shape index (κ3) is 3.17. The number of nitrogens with zero attached hydrogens (tertiary/aromatic N) is 1. The molecule has 1 aromatic rings. The summed E-state index contributed by atoms with van der Waals surface area (Å²) in [6, 6.07) is 3.39. The largest absolute Gasteiger partial charge is 0.352 e. The summed E-state index contributed by atoms with van der Waals surface area (Å²) in [7, 11) is 0. The number of hydrazine groups is 1. The van der Waals surface area contributed by atoms with Gasteiger partial charge in [-0.25, -0.2) is 10.8 Å². The number of anilines is 1. The number of aromatic nitrogens is 1. The Morgan fingerprint density at radius 3 is 2.88 bits per heavy atom. The molecule has 17 heavy (non-hydrogen) atoms. The topological polar surface area (TPSA) is 80.0 Å². The van der Waals surface area contributed by atoms with E-state index in [-0.39, 0.29) is 5.91 Å². The minimum atomic E-state index is -0.0754. The van der Waals surface area contributed by atoms with Crippen LogP contribution in [-0.2, 0) is 0 Å². The molecule has 0 saturated heterocycles. The molecule has 1 fully saturated rings. The van der Waals surface area contributed by atoms with Crippen molar-refractivity contribution in [1.82, 2.24) is 10.3 Å². The van der Waals surface area contributed by atoms with Crippen molar-refractivity contribution < 1.29 is 4.79 Å². The van der Waals surface area contributed by atoms with E-state index in [1.165, 1.54) is 19.0 Å². The van der Waals surface area contributed by atoms with Gasteiger partial charge in [0.05, 0.1) is 5.56 Å². The standard InChI is InChI=1S/C12H18N4O/c1-8(9-2-3-9)6-15-12(17)10-4-5-11(16-13)14-7-10/h4-5,7-9H,2-3,6,13H2,1H3,(H,14,16)(H,15,17). The van der Waals surface area contributed by atoms with E-state index in [0.29, 0.717) is 17.3 Å². The van der Waals surface area contributed by atoms with Gasteiger partial charge in [0.1, 0.15) is 5.82 Å². The number of carbonyl (C=O) groups is 1. The van der Waals surface area contributed by atoms with Crippen LogP contribution in [0.4, 0.5) is 5.82 Å². The maximum atomic E-state index is 11.8. The van der Waals surface area contributed by atoms with E-state index in [4.69, 9.17) is 5.84 Å². The summed E-state index contributed by atoms with van der Waals surface area (Å²) in [6.07, 6.45) is 4.12. The summed E-state index contributed by atoms with van der Waals surface area (Å²) in [5.74, 6) is 7.04. The Labute approximate surface area is 101 Å². The third-order valence-electron chi connectivity index (χ3n) is 3.18. The van der Waals surface area contributed by atoms with Crippen LogP contribution < -0.4 is 16.6 Å². The number of hydrogen-bond donors (Lipinski definition) is 3. The van der Waals surface area contributed by atoms with Crippen LogP contribution in [0, 0.1) is 11.8 Å². The molecule has 5 nitrogen and oxygen atoms in total. The summed E-state index contributed by atoms with van der Waals surface area (Å²) in [5, 5.41) is 2.93. The fraction of sp³-hybridized carbons (Fsp3) is 0.500. The number of nitrogens with one attached hydrogen (secondary N) is 2. The van der Waals surface area contributed by atoms with Crippen molar-refractivity contribution in [1.29, 1.82) is 0 Å². The van der Waals surface area contributed by atoms with Gasteiger partial charge in [0.2, 0.25) is 0 Å². The van der Waals surface area contributed by atoms with Crippen molar-refractivity contribution in [2.24, 2.45) is 17.7 Å². The Bertz CT molecular complexity index is 386. The normalized spacial score (nSPS) is 16.4. The first-order valence-electron chi connectivity index (χ1n) is 5.91. The maximum absolute atomic E-state index is 11.8. The van der Waals surface area contributed by atoms with Gasteiger partial charge >= 0.3 is 0 Å². The Morgan fingerprint density at radius 2 is 2.35 bits per heavy atom. The first-order valence-corrected chi connectivity index (χ1v) is 5.91. The summed E-state index contributed by atoms with van der Waals surface area (Å²) in [5.41, 5.74) is 2.99. The molecule has 1 amide bonds. The molecule has 0 bridgehead atoms. The predicted octanol–water partition coefficient (Wildman–Crippen LogP) is 1.14. The fourth-order valence-electron chi connectivity index (χ4n) is 1.80. The predicted molar refractivity (Wildman–Crippen MR) is 66.3 cm³/mol. The minimum absolute atomic E-state index is 0.0754. The quantitative estimate of drug-likeness (QED) is 0.527. The number of rotatable bonds is 5. The van der Waals surface area contributed by atoms with Crippen LogP contribution in [0.15, 0.2) is 18.3 Å². The molecule has 0 spiro atoms. The van der Waals surface area contributed by atoms with Gasteiger partial charge in [-0.2, -0.15) is 0 Å². The number of hydrogen-bond acceptors (Lipinski definition) is 4. The van der Waals surface area contributed by atoms with E-state index in [0.717, 1.165) is 12.5 Å². The molecule has 5 heteroatoms. The second kappa shape index (κ2) is 5.14. The average molecular weight is 234 g/mol. The van der Waals surface area contributed by atoms with Crippen molar-refractivity contribution in [3.05, 3.63) is 23.9 Å². The van der Waals surface area contributed by atoms with Crippen molar-refractivity contribution >= 4 is 11.7 Å². The number of nitrogen functional groups attached to an aromatic ring is 1. The average Bonchev–Trinajstić information content (AvgIpc) is 3.20. The zero-order chi connectivity index (χ0) is 12.3. The van der Waals surface area contributed by atoms with Gasteiger partial charge in [0.25, 0.3) is 5.91 Å². The zero-order valence-electron chi connectivity index (χ0n) is 9.94. The highest BCUT2D eigenvalue weighted by Gasteiger charge is 2.27. The van der Waals surface area contributed by atoms with E-state index in [9.17, 15) is 4.79 Å². The molecular weight excluding hydrogens is 216 g/mol. The fourth-order valence-corrected chi connectivity index (χ4v) is 1.80. The van der Waals surface area contributed by atoms with Crippen molar-refractivity contribution in [2.45, 2.75) is 19.8 Å². The lowest BCUT2D eigenvalue weighted by Gasteiger charge is -2.11. The molecule has 1 aliphatic carbocycles. The first kappa shape index (κ1) is 11.9. The Hall–Kier alpha value is -1.62. The zero-order valence-corrected chi connectivity index (χ0v) is 9.94. The molecule has 1 aliphatic rings. The van der Waals surface area contributed by atoms with Crippen LogP contribution >= 0.6 is 0 Å². The van der Waals surface area contributed by atoms with Gasteiger partial charge in [-0.15, -0.1) is 0 Å². The third-order valence-corrected chi connectivity index (χ3v) is 3.18. The van der Waals surface area contributed by atoms with Crippen LogP contribution in [0.2, 0.25) is 0 Å². The molecular formula is C12H18N4O. The Morgan fingerprint density at radius 1 is 1.59 bits per heavy atom. The molecule has 0 aromatic carbocycles. The van der Waals surface area contributed by atoms with Crippen molar-refractivity contribution in [2.75, 3.05) is 12.0 Å². The molecule has 0 radical (unpaired) electrons. The monoisotopic (exact) mass is 234 g/mol. The van der Waals surface area contributed by atoms with E-state index in [1.54, 1.807) is 12.1 Å². The molecule has 4 N–H and O–H groups in total. The molecule has 92 valence electrons. The van der Waals surface area contributed by atoms with Crippen molar-refractivity contribution in [3.8, 4) is 0 Å². The number of pyridine rings is 1. The van der Waals surface area contributed by atoms with Gasteiger partial charge in [-0.3, -0.25) is 4.79 Å². The molecule has 1 aromatic heterocycles. The van der Waals surface area contributed by atoms with E-state index < -0.39 is 0 Å². The SMILES string of the molecule is CC(CNC(=O)c1ccc(NN)nc1)C1CC1. The van der Waals surface area contributed by atoms with Crippen LogP contribution in [0.5, 0.6) is 0 Å². The Kier molecular flexibility index (Phi) is 3.58. The van der Waals surface area contributed by atoms with Crippen LogP contribution in [0.1, 0.15) is 30.1 Å². The highest BCUT2D eigenvalue weighted by molar-refractivity contribution is 5.94.